The molecule has 0 bridgehead atoms. The fraction of sp³-hybridized carbons (Fsp3) is 0.182. The van der Waals surface area contributed by atoms with Crippen LogP contribution in [-0.2, 0) is 15.7 Å². The Hall–Kier alpha value is -1.05. The summed E-state index contributed by atoms with van der Waals surface area (Å²) in [6, 6.07) is 3.87. The lowest BCUT2D eigenvalue weighted by atomic mass is 10.1. The van der Waals surface area contributed by atoms with E-state index in [2.05, 4.69) is 4.74 Å². The van der Waals surface area contributed by atoms with Gasteiger partial charge in [-0.15, -0.1) is 0 Å². The van der Waals surface area contributed by atoms with Crippen molar-refractivity contribution in [2.45, 2.75) is 6.18 Å². The van der Waals surface area contributed by atoms with Gasteiger partial charge >= 0.3 is 12.1 Å². The number of ether oxygens (including phenoxy) is 1. The molecule has 92 valence electrons. The standard InChI is InChI=1S/C11H8F3IO2/c1-17-10(16)5-3-7-2-4-8(15)6-9(7)11(12,13)14/h2-6H,1H3/b5-3+. The lowest BCUT2D eigenvalue weighted by Crippen LogP contribution is -2.08. The summed E-state index contributed by atoms with van der Waals surface area (Å²) in [5.41, 5.74) is -0.840. The molecule has 0 atom stereocenters. The van der Waals surface area contributed by atoms with E-state index >= 15 is 0 Å². The number of benzene rings is 1. The van der Waals surface area contributed by atoms with Crippen LogP contribution in [0.3, 0.4) is 0 Å². The van der Waals surface area contributed by atoms with E-state index in [9.17, 15) is 18.0 Å². The molecule has 1 rings (SSSR count). The molecule has 1 aromatic rings. The summed E-state index contributed by atoms with van der Waals surface area (Å²) >= 11 is 1.80. The molecule has 0 aliphatic carbocycles. The second-order valence-electron chi connectivity index (χ2n) is 3.09. The molecule has 0 heterocycles. The summed E-state index contributed by atoms with van der Waals surface area (Å²) in [6.45, 7) is 0. The first kappa shape index (κ1) is 14.0. The molecule has 0 aromatic heterocycles. The van der Waals surface area contributed by atoms with Crippen LogP contribution in [0, 0.1) is 3.57 Å². The van der Waals surface area contributed by atoms with Crippen molar-refractivity contribution in [1.82, 2.24) is 0 Å². The number of rotatable bonds is 2. The first-order valence-electron chi connectivity index (χ1n) is 4.47. The quantitative estimate of drug-likeness (QED) is 0.461. The van der Waals surface area contributed by atoms with Gasteiger partial charge in [-0.3, -0.25) is 0 Å². The second-order valence-corrected chi connectivity index (χ2v) is 4.33. The number of carbonyl (C=O) groups excluding carboxylic acids is 1. The van der Waals surface area contributed by atoms with Crippen molar-refractivity contribution in [2.75, 3.05) is 7.11 Å². The minimum Gasteiger partial charge on any atom is -0.466 e. The van der Waals surface area contributed by atoms with Crippen molar-refractivity contribution < 1.29 is 22.7 Å². The van der Waals surface area contributed by atoms with Crippen molar-refractivity contribution in [1.29, 1.82) is 0 Å². The Kier molecular flexibility index (Phi) is 4.55. The van der Waals surface area contributed by atoms with Crippen LogP contribution in [0.2, 0.25) is 0 Å². The van der Waals surface area contributed by atoms with Crippen LogP contribution >= 0.6 is 22.6 Å². The van der Waals surface area contributed by atoms with Crippen LogP contribution in [0.25, 0.3) is 6.08 Å². The molecule has 0 aliphatic rings. The van der Waals surface area contributed by atoms with Crippen LogP contribution in [0.1, 0.15) is 11.1 Å². The normalized spacial score (nSPS) is 11.8. The maximum Gasteiger partial charge on any atom is 0.417 e. The average molecular weight is 356 g/mol. The summed E-state index contributed by atoms with van der Waals surface area (Å²) in [6.07, 6.45) is -2.40. The van der Waals surface area contributed by atoms with Crippen molar-refractivity contribution in [3.05, 3.63) is 39.0 Å². The second kappa shape index (κ2) is 5.52. The molecule has 1 aromatic carbocycles. The van der Waals surface area contributed by atoms with Crippen LogP contribution in [0.15, 0.2) is 24.3 Å². The largest absolute Gasteiger partial charge is 0.466 e. The highest BCUT2D eigenvalue weighted by molar-refractivity contribution is 14.1. The number of carbonyl (C=O) groups is 1. The van der Waals surface area contributed by atoms with Gasteiger partial charge in [0, 0.05) is 9.65 Å². The maximum absolute atomic E-state index is 12.7. The fourth-order valence-corrected chi connectivity index (χ4v) is 1.64. The SMILES string of the molecule is COC(=O)/C=C/c1ccc(I)cc1C(F)(F)F. The Bertz CT molecular complexity index is 453. The third-order valence-electron chi connectivity index (χ3n) is 1.92. The summed E-state index contributed by atoms with van der Waals surface area (Å²) in [5.74, 6) is -0.698. The molecular weight excluding hydrogens is 348 g/mol. The smallest absolute Gasteiger partial charge is 0.417 e. The first-order chi connectivity index (χ1) is 7.84. The molecule has 0 radical (unpaired) electrons. The van der Waals surface area contributed by atoms with Gasteiger partial charge in [0.25, 0.3) is 0 Å². The number of methoxy groups -OCH3 is 1. The molecule has 0 amide bonds. The van der Waals surface area contributed by atoms with E-state index in [4.69, 9.17) is 0 Å². The van der Waals surface area contributed by atoms with E-state index < -0.39 is 17.7 Å². The topological polar surface area (TPSA) is 26.3 Å². The van der Waals surface area contributed by atoms with Gasteiger partial charge < -0.3 is 4.74 Å². The summed E-state index contributed by atoms with van der Waals surface area (Å²) in [5, 5.41) is 0. The minimum atomic E-state index is -4.45. The number of alkyl halides is 3. The van der Waals surface area contributed by atoms with E-state index in [1.54, 1.807) is 22.6 Å². The zero-order chi connectivity index (χ0) is 13.1. The molecule has 0 N–H and O–H groups in total. The highest BCUT2D eigenvalue weighted by Gasteiger charge is 2.32. The van der Waals surface area contributed by atoms with E-state index in [0.29, 0.717) is 3.57 Å². The molecule has 0 fully saturated rings. The third-order valence-corrected chi connectivity index (χ3v) is 2.59. The Labute approximate surface area is 110 Å². The van der Waals surface area contributed by atoms with Crippen molar-refractivity contribution in [2.24, 2.45) is 0 Å². The third kappa shape index (κ3) is 4.03. The van der Waals surface area contributed by atoms with Gasteiger partial charge in [-0.2, -0.15) is 13.2 Å². The maximum atomic E-state index is 12.7. The Morgan fingerprint density at radius 1 is 1.41 bits per heavy atom. The number of halogens is 4. The predicted molar refractivity (Wildman–Crippen MR) is 65.2 cm³/mol. The van der Waals surface area contributed by atoms with Gasteiger partial charge in [-0.25, -0.2) is 4.79 Å². The first-order valence-corrected chi connectivity index (χ1v) is 5.55. The van der Waals surface area contributed by atoms with Crippen LogP contribution < -0.4 is 0 Å². The zero-order valence-electron chi connectivity index (χ0n) is 8.72. The number of esters is 1. The summed E-state index contributed by atoms with van der Waals surface area (Å²) < 4.78 is 42.8. The molecular formula is C11H8F3IO2. The number of hydrogen-bond acceptors (Lipinski definition) is 2. The monoisotopic (exact) mass is 356 g/mol. The Balaban J connectivity index is 3.16. The van der Waals surface area contributed by atoms with Gasteiger partial charge in [0.1, 0.15) is 0 Å². The predicted octanol–water partition coefficient (Wildman–Crippen LogP) is 3.50. The van der Waals surface area contributed by atoms with E-state index in [-0.39, 0.29) is 5.56 Å². The zero-order valence-corrected chi connectivity index (χ0v) is 10.9. The van der Waals surface area contributed by atoms with Gasteiger partial charge in [0.05, 0.1) is 12.7 Å². The molecule has 17 heavy (non-hydrogen) atoms. The molecule has 0 saturated heterocycles. The molecule has 0 unspecified atom stereocenters. The number of hydrogen-bond donors (Lipinski definition) is 0. The van der Waals surface area contributed by atoms with Crippen molar-refractivity contribution in [3.63, 3.8) is 0 Å². The van der Waals surface area contributed by atoms with Gasteiger partial charge in [-0.05, 0) is 46.4 Å². The summed E-state index contributed by atoms with van der Waals surface area (Å²) in [4.78, 5) is 10.8. The lowest BCUT2D eigenvalue weighted by molar-refractivity contribution is -0.138. The fourth-order valence-electron chi connectivity index (χ4n) is 1.15. The Morgan fingerprint density at radius 2 is 2.06 bits per heavy atom. The molecule has 6 heteroatoms. The van der Waals surface area contributed by atoms with E-state index in [0.717, 1.165) is 25.3 Å². The lowest BCUT2D eigenvalue weighted by Gasteiger charge is -2.10. The van der Waals surface area contributed by atoms with Crippen LogP contribution in [-0.4, -0.2) is 13.1 Å². The van der Waals surface area contributed by atoms with Gasteiger partial charge in [-0.1, -0.05) is 6.07 Å². The van der Waals surface area contributed by atoms with E-state index in [1.807, 2.05) is 0 Å². The van der Waals surface area contributed by atoms with E-state index in [1.165, 1.54) is 12.1 Å². The van der Waals surface area contributed by atoms with Gasteiger partial charge in [0.15, 0.2) is 0 Å². The average Bonchev–Trinajstić information content (AvgIpc) is 2.25. The van der Waals surface area contributed by atoms with Crippen molar-refractivity contribution >= 4 is 34.6 Å². The van der Waals surface area contributed by atoms with Crippen LogP contribution in [0.5, 0.6) is 0 Å². The molecule has 0 spiro atoms. The minimum absolute atomic E-state index is 0.0664. The van der Waals surface area contributed by atoms with Gasteiger partial charge in [0.2, 0.25) is 0 Å². The highest BCUT2D eigenvalue weighted by atomic mass is 127. The molecule has 0 saturated carbocycles. The summed E-state index contributed by atoms with van der Waals surface area (Å²) in [7, 11) is 1.16. The van der Waals surface area contributed by atoms with Crippen LogP contribution in [0.4, 0.5) is 13.2 Å². The Morgan fingerprint density at radius 3 is 2.59 bits per heavy atom. The van der Waals surface area contributed by atoms with Crippen molar-refractivity contribution in [3.8, 4) is 0 Å². The molecule has 2 nitrogen and oxygen atoms in total. The highest BCUT2D eigenvalue weighted by Crippen LogP contribution is 2.33. The molecule has 0 aliphatic heterocycles.